The number of benzene rings is 1. The van der Waals surface area contributed by atoms with Crippen molar-refractivity contribution in [3.63, 3.8) is 0 Å². The molecular formula is C12H6Cl2F2N2O. The first kappa shape index (κ1) is 13.7. The lowest BCUT2D eigenvalue weighted by molar-refractivity contribution is 0.102. The number of carbonyl (C=O) groups is 1. The molecule has 19 heavy (non-hydrogen) atoms. The highest BCUT2D eigenvalue weighted by molar-refractivity contribution is 6.35. The maximum absolute atomic E-state index is 13.2. The summed E-state index contributed by atoms with van der Waals surface area (Å²) in [6, 6.07) is 4.73. The van der Waals surface area contributed by atoms with Crippen molar-refractivity contribution in [1.82, 2.24) is 4.98 Å². The van der Waals surface area contributed by atoms with Crippen molar-refractivity contribution in [1.29, 1.82) is 0 Å². The van der Waals surface area contributed by atoms with E-state index < -0.39 is 17.7 Å². The van der Waals surface area contributed by atoms with E-state index >= 15 is 0 Å². The van der Waals surface area contributed by atoms with E-state index in [4.69, 9.17) is 23.2 Å². The van der Waals surface area contributed by atoms with Gasteiger partial charge in [-0.1, -0.05) is 23.2 Å². The summed E-state index contributed by atoms with van der Waals surface area (Å²) in [5.41, 5.74) is 0.280. The fourth-order valence-corrected chi connectivity index (χ4v) is 1.86. The van der Waals surface area contributed by atoms with E-state index in [1.54, 1.807) is 0 Å². The third kappa shape index (κ3) is 3.19. The predicted octanol–water partition coefficient (Wildman–Crippen LogP) is 3.92. The van der Waals surface area contributed by atoms with Gasteiger partial charge < -0.3 is 5.32 Å². The van der Waals surface area contributed by atoms with Crippen LogP contribution in [-0.2, 0) is 0 Å². The monoisotopic (exact) mass is 302 g/mol. The topological polar surface area (TPSA) is 42.0 Å². The number of amides is 1. The maximum atomic E-state index is 13.2. The molecule has 1 aromatic heterocycles. The van der Waals surface area contributed by atoms with Crippen LogP contribution in [0.5, 0.6) is 0 Å². The van der Waals surface area contributed by atoms with Gasteiger partial charge in [0.05, 0.1) is 10.0 Å². The Kier molecular flexibility index (Phi) is 3.97. The molecule has 0 atom stereocenters. The molecule has 2 aromatic rings. The molecule has 0 aliphatic heterocycles. The van der Waals surface area contributed by atoms with E-state index in [9.17, 15) is 13.6 Å². The lowest BCUT2D eigenvalue weighted by Crippen LogP contribution is -2.12. The largest absolute Gasteiger partial charge is 0.322 e. The Morgan fingerprint density at radius 3 is 2.37 bits per heavy atom. The summed E-state index contributed by atoms with van der Waals surface area (Å²) < 4.78 is 26.1. The standard InChI is InChI=1S/C12H6Cl2F2N2O/c13-8-4-7(5-9(14)11(8)16)18-12(19)6-1-2-17-10(15)3-6/h1-5H,(H,18,19). The van der Waals surface area contributed by atoms with Crippen LogP contribution in [0, 0.1) is 11.8 Å². The summed E-state index contributed by atoms with van der Waals surface area (Å²) in [5, 5.41) is 1.99. The highest BCUT2D eigenvalue weighted by atomic mass is 35.5. The minimum atomic E-state index is -0.775. The molecule has 1 N–H and O–H groups in total. The summed E-state index contributed by atoms with van der Waals surface area (Å²) >= 11 is 11.2. The van der Waals surface area contributed by atoms with Crippen molar-refractivity contribution in [2.75, 3.05) is 5.32 Å². The van der Waals surface area contributed by atoms with Gasteiger partial charge in [0.25, 0.3) is 5.91 Å². The number of carbonyl (C=O) groups excluding carboxylic acids is 1. The molecule has 1 aromatic carbocycles. The molecule has 0 aliphatic carbocycles. The van der Waals surface area contributed by atoms with E-state index in [-0.39, 0.29) is 21.3 Å². The summed E-state index contributed by atoms with van der Waals surface area (Å²) in [6.07, 6.45) is 1.16. The fraction of sp³-hybridized carbons (Fsp3) is 0. The Hall–Kier alpha value is -1.72. The van der Waals surface area contributed by atoms with Crippen LogP contribution in [0.1, 0.15) is 10.4 Å². The lowest BCUT2D eigenvalue weighted by Gasteiger charge is -2.07. The number of nitrogens with zero attached hydrogens (tertiary/aromatic N) is 1. The fourth-order valence-electron chi connectivity index (χ4n) is 1.37. The van der Waals surface area contributed by atoms with Crippen LogP contribution in [0.15, 0.2) is 30.5 Å². The van der Waals surface area contributed by atoms with Gasteiger partial charge >= 0.3 is 0 Å². The molecule has 0 saturated heterocycles. The average Bonchev–Trinajstić information content (AvgIpc) is 2.36. The molecular weight excluding hydrogens is 297 g/mol. The number of halogens is 4. The second kappa shape index (κ2) is 5.50. The van der Waals surface area contributed by atoms with E-state index in [1.165, 1.54) is 18.2 Å². The smallest absolute Gasteiger partial charge is 0.255 e. The Balaban J connectivity index is 2.24. The number of rotatable bonds is 2. The van der Waals surface area contributed by atoms with Crippen molar-refractivity contribution in [3.8, 4) is 0 Å². The van der Waals surface area contributed by atoms with Crippen molar-refractivity contribution in [2.24, 2.45) is 0 Å². The minimum absolute atomic E-state index is 0.0732. The summed E-state index contributed by atoms with van der Waals surface area (Å²) in [7, 11) is 0. The van der Waals surface area contributed by atoms with E-state index in [1.807, 2.05) is 0 Å². The lowest BCUT2D eigenvalue weighted by atomic mass is 10.2. The minimum Gasteiger partial charge on any atom is -0.322 e. The molecule has 0 saturated carbocycles. The van der Waals surface area contributed by atoms with E-state index in [0.29, 0.717) is 0 Å². The Morgan fingerprint density at radius 2 is 1.79 bits per heavy atom. The predicted molar refractivity (Wildman–Crippen MR) is 68.6 cm³/mol. The molecule has 1 amide bonds. The number of nitrogens with one attached hydrogen (secondary N) is 1. The maximum Gasteiger partial charge on any atom is 0.255 e. The molecule has 0 radical (unpaired) electrons. The average molecular weight is 303 g/mol. The first-order valence-corrected chi connectivity index (χ1v) is 5.80. The molecule has 0 unspecified atom stereocenters. The zero-order valence-electron chi connectivity index (χ0n) is 9.25. The van der Waals surface area contributed by atoms with Crippen LogP contribution in [0.2, 0.25) is 10.0 Å². The van der Waals surface area contributed by atoms with Crippen molar-refractivity contribution >= 4 is 34.8 Å². The number of hydrogen-bond acceptors (Lipinski definition) is 2. The van der Waals surface area contributed by atoms with Gasteiger partial charge in [-0.05, 0) is 18.2 Å². The normalized spacial score (nSPS) is 10.3. The van der Waals surface area contributed by atoms with Gasteiger partial charge in [-0.2, -0.15) is 4.39 Å². The van der Waals surface area contributed by atoms with Crippen molar-refractivity contribution < 1.29 is 13.6 Å². The van der Waals surface area contributed by atoms with Crippen LogP contribution >= 0.6 is 23.2 Å². The first-order valence-electron chi connectivity index (χ1n) is 5.05. The highest BCUT2D eigenvalue weighted by Crippen LogP contribution is 2.27. The van der Waals surface area contributed by atoms with Crippen molar-refractivity contribution in [2.45, 2.75) is 0 Å². The first-order chi connectivity index (χ1) is 8.97. The molecule has 7 heteroatoms. The highest BCUT2D eigenvalue weighted by Gasteiger charge is 2.11. The van der Waals surface area contributed by atoms with Crippen LogP contribution in [0.4, 0.5) is 14.5 Å². The molecule has 0 bridgehead atoms. The molecule has 0 fully saturated rings. The third-order valence-electron chi connectivity index (χ3n) is 2.23. The van der Waals surface area contributed by atoms with Gasteiger partial charge in [-0.15, -0.1) is 0 Å². The molecule has 0 aliphatic rings. The van der Waals surface area contributed by atoms with Gasteiger partial charge in [-0.25, -0.2) is 9.37 Å². The second-order valence-electron chi connectivity index (χ2n) is 3.58. The van der Waals surface area contributed by atoms with Crippen LogP contribution < -0.4 is 5.32 Å². The van der Waals surface area contributed by atoms with Crippen molar-refractivity contribution in [3.05, 3.63) is 57.8 Å². The Labute approximate surface area is 117 Å². The van der Waals surface area contributed by atoms with Crippen LogP contribution in [-0.4, -0.2) is 10.9 Å². The summed E-state index contributed by atoms with van der Waals surface area (Å²) in [5.74, 6) is -2.13. The number of anilines is 1. The molecule has 98 valence electrons. The number of pyridine rings is 1. The molecule has 0 spiro atoms. The van der Waals surface area contributed by atoms with Gasteiger partial charge in [0, 0.05) is 23.5 Å². The summed E-state index contributed by atoms with van der Waals surface area (Å²) in [4.78, 5) is 15.1. The summed E-state index contributed by atoms with van der Waals surface area (Å²) in [6.45, 7) is 0. The number of aromatic nitrogens is 1. The second-order valence-corrected chi connectivity index (χ2v) is 4.39. The van der Waals surface area contributed by atoms with Gasteiger partial charge in [-0.3, -0.25) is 4.79 Å². The quantitative estimate of drug-likeness (QED) is 0.675. The zero-order valence-corrected chi connectivity index (χ0v) is 10.8. The van der Waals surface area contributed by atoms with Gasteiger partial charge in [0.2, 0.25) is 5.95 Å². The third-order valence-corrected chi connectivity index (χ3v) is 2.78. The Bertz CT molecular complexity index is 626. The molecule has 1 heterocycles. The number of hydrogen-bond donors (Lipinski definition) is 1. The van der Waals surface area contributed by atoms with Gasteiger partial charge in [0.15, 0.2) is 5.82 Å². The van der Waals surface area contributed by atoms with Crippen LogP contribution in [0.3, 0.4) is 0 Å². The Morgan fingerprint density at radius 1 is 1.16 bits per heavy atom. The SMILES string of the molecule is O=C(Nc1cc(Cl)c(F)c(Cl)c1)c1ccnc(F)c1. The van der Waals surface area contributed by atoms with Gasteiger partial charge in [0.1, 0.15) is 0 Å². The molecule has 3 nitrogen and oxygen atoms in total. The van der Waals surface area contributed by atoms with E-state index in [2.05, 4.69) is 10.3 Å². The zero-order chi connectivity index (χ0) is 14.0. The van der Waals surface area contributed by atoms with Crippen LogP contribution in [0.25, 0.3) is 0 Å². The van der Waals surface area contributed by atoms with E-state index in [0.717, 1.165) is 12.3 Å². The molecule has 2 rings (SSSR count).